The molecule has 2 heterocycles. The molecule has 0 fully saturated rings. The van der Waals surface area contributed by atoms with E-state index < -0.39 is 0 Å². The summed E-state index contributed by atoms with van der Waals surface area (Å²) in [5, 5.41) is 11.0. The maximum absolute atomic E-state index is 12.3. The molecule has 0 spiro atoms. The van der Waals surface area contributed by atoms with Gasteiger partial charge in [-0.3, -0.25) is 4.79 Å². The molecule has 0 aliphatic rings. The lowest BCUT2D eigenvalue weighted by Gasteiger charge is -2.01. The van der Waals surface area contributed by atoms with E-state index in [9.17, 15) is 4.79 Å². The van der Waals surface area contributed by atoms with Gasteiger partial charge in [0.25, 0.3) is 5.91 Å². The van der Waals surface area contributed by atoms with Crippen LogP contribution in [0.3, 0.4) is 0 Å². The number of rotatable bonds is 6. The molecule has 2 aromatic carbocycles. The Morgan fingerprint density at radius 1 is 1.11 bits per heavy atom. The Balaban J connectivity index is 1.34. The molecule has 0 aliphatic heterocycles. The van der Waals surface area contributed by atoms with Gasteiger partial charge >= 0.3 is 0 Å². The molecular weight excluding hydrogens is 354 g/mol. The summed E-state index contributed by atoms with van der Waals surface area (Å²) in [6.45, 7) is 2.95. The molecule has 4 aromatic rings. The zero-order chi connectivity index (χ0) is 19.3. The molecular formula is C21H19N5O2. The average Bonchev–Trinajstić information content (AvgIpc) is 3.38. The molecule has 1 amide bonds. The summed E-state index contributed by atoms with van der Waals surface area (Å²) in [6, 6.07) is 17.7. The van der Waals surface area contributed by atoms with Crippen molar-refractivity contribution in [1.82, 2.24) is 25.3 Å². The predicted octanol–water partition coefficient (Wildman–Crippen LogP) is 3.22. The number of hydrogen-bond acceptors (Lipinski definition) is 5. The van der Waals surface area contributed by atoms with Crippen molar-refractivity contribution in [3.63, 3.8) is 0 Å². The third-order valence-corrected chi connectivity index (χ3v) is 4.24. The number of oxazole rings is 1. The number of nitrogens with zero attached hydrogens (tertiary/aromatic N) is 4. The Bertz CT molecular complexity index is 1070. The lowest BCUT2D eigenvalue weighted by Crippen LogP contribution is -2.23. The van der Waals surface area contributed by atoms with Gasteiger partial charge in [-0.05, 0) is 24.6 Å². The van der Waals surface area contributed by atoms with Crippen LogP contribution in [0.1, 0.15) is 27.3 Å². The molecule has 2 aromatic heterocycles. The van der Waals surface area contributed by atoms with Crippen molar-refractivity contribution < 1.29 is 9.21 Å². The molecule has 1 N–H and O–H groups in total. The Morgan fingerprint density at radius 3 is 2.68 bits per heavy atom. The molecule has 0 aliphatic carbocycles. The van der Waals surface area contributed by atoms with E-state index in [4.69, 9.17) is 4.42 Å². The topological polar surface area (TPSA) is 85.8 Å². The van der Waals surface area contributed by atoms with Crippen LogP contribution >= 0.6 is 0 Å². The van der Waals surface area contributed by atoms with E-state index in [2.05, 4.69) is 51.8 Å². The Kier molecular flexibility index (Phi) is 4.97. The monoisotopic (exact) mass is 373 g/mol. The number of aryl methyl sites for hydroxylation is 1. The molecule has 4 rings (SSSR count). The van der Waals surface area contributed by atoms with Crippen molar-refractivity contribution in [2.45, 2.75) is 20.0 Å². The van der Waals surface area contributed by atoms with Crippen LogP contribution in [0.4, 0.5) is 0 Å². The number of carbonyl (C=O) groups excluding carboxylic acids is 1. The van der Waals surface area contributed by atoms with E-state index in [1.54, 1.807) is 4.68 Å². The van der Waals surface area contributed by atoms with Gasteiger partial charge in [-0.2, -0.15) is 0 Å². The predicted molar refractivity (Wildman–Crippen MR) is 103 cm³/mol. The fourth-order valence-electron chi connectivity index (χ4n) is 2.73. The fraction of sp³-hybridized carbons (Fsp3) is 0.143. The highest BCUT2D eigenvalue weighted by Gasteiger charge is 2.13. The first-order valence-electron chi connectivity index (χ1n) is 8.91. The molecule has 0 bridgehead atoms. The molecule has 7 nitrogen and oxygen atoms in total. The van der Waals surface area contributed by atoms with E-state index in [1.165, 1.54) is 11.8 Å². The SMILES string of the molecule is Cc1ccc(Cn2cc(CNC(=O)c3coc(-c4ccccc4)n3)nn2)cc1. The van der Waals surface area contributed by atoms with Gasteiger partial charge in [0.05, 0.1) is 19.3 Å². The molecule has 28 heavy (non-hydrogen) atoms. The minimum Gasteiger partial charge on any atom is -0.444 e. The minimum atomic E-state index is -0.320. The van der Waals surface area contributed by atoms with Crippen LogP contribution in [0.15, 0.2) is 71.5 Å². The van der Waals surface area contributed by atoms with Crippen molar-refractivity contribution in [2.75, 3.05) is 0 Å². The van der Waals surface area contributed by atoms with Crippen molar-refractivity contribution in [1.29, 1.82) is 0 Å². The lowest BCUT2D eigenvalue weighted by molar-refractivity contribution is 0.0945. The molecule has 0 saturated carbocycles. The zero-order valence-electron chi connectivity index (χ0n) is 15.4. The molecule has 140 valence electrons. The quantitative estimate of drug-likeness (QED) is 0.561. The number of nitrogens with one attached hydrogen (secondary N) is 1. The average molecular weight is 373 g/mol. The van der Waals surface area contributed by atoms with Crippen LogP contribution in [-0.2, 0) is 13.1 Å². The number of benzene rings is 2. The van der Waals surface area contributed by atoms with E-state index in [0.717, 1.165) is 11.1 Å². The highest BCUT2D eigenvalue weighted by atomic mass is 16.3. The minimum absolute atomic E-state index is 0.228. The lowest BCUT2D eigenvalue weighted by atomic mass is 10.1. The molecule has 0 radical (unpaired) electrons. The largest absolute Gasteiger partial charge is 0.444 e. The summed E-state index contributed by atoms with van der Waals surface area (Å²) >= 11 is 0. The summed E-state index contributed by atoms with van der Waals surface area (Å²) in [7, 11) is 0. The summed E-state index contributed by atoms with van der Waals surface area (Å²) in [6.07, 6.45) is 3.17. The highest BCUT2D eigenvalue weighted by molar-refractivity contribution is 5.92. The van der Waals surface area contributed by atoms with Crippen molar-refractivity contribution in [3.8, 4) is 11.5 Å². The van der Waals surface area contributed by atoms with Gasteiger partial charge in [-0.15, -0.1) is 5.10 Å². The summed E-state index contributed by atoms with van der Waals surface area (Å²) in [5.41, 5.74) is 4.08. The van der Waals surface area contributed by atoms with E-state index in [1.807, 2.05) is 36.5 Å². The highest BCUT2D eigenvalue weighted by Crippen LogP contribution is 2.17. The Hall–Kier alpha value is -3.74. The molecule has 0 unspecified atom stereocenters. The fourth-order valence-corrected chi connectivity index (χ4v) is 2.73. The smallest absolute Gasteiger partial charge is 0.273 e. The zero-order valence-corrected chi connectivity index (χ0v) is 15.4. The number of hydrogen-bond donors (Lipinski definition) is 1. The Labute approximate surface area is 162 Å². The van der Waals surface area contributed by atoms with Gasteiger partial charge in [-0.1, -0.05) is 53.2 Å². The number of aromatic nitrogens is 4. The van der Waals surface area contributed by atoms with Crippen LogP contribution < -0.4 is 5.32 Å². The summed E-state index contributed by atoms with van der Waals surface area (Å²) < 4.78 is 7.14. The maximum Gasteiger partial charge on any atom is 0.273 e. The molecule has 7 heteroatoms. The second-order valence-corrected chi connectivity index (χ2v) is 6.48. The normalized spacial score (nSPS) is 10.8. The maximum atomic E-state index is 12.3. The van der Waals surface area contributed by atoms with Gasteiger partial charge in [0, 0.05) is 5.56 Å². The second kappa shape index (κ2) is 7.87. The number of amides is 1. The van der Waals surface area contributed by atoms with Gasteiger partial charge < -0.3 is 9.73 Å². The second-order valence-electron chi connectivity index (χ2n) is 6.48. The van der Waals surface area contributed by atoms with Crippen LogP contribution in [0.25, 0.3) is 11.5 Å². The summed E-state index contributed by atoms with van der Waals surface area (Å²) in [4.78, 5) is 16.5. The standard InChI is InChI=1S/C21H19N5O2/c1-15-7-9-16(10-8-15)12-26-13-18(24-25-26)11-22-20(27)19-14-28-21(23-19)17-5-3-2-4-6-17/h2-10,13-14H,11-12H2,1H3,(H,22,27). The van der Waals surface area contributed by atoms with Crippen LogP contribution in [-0.4, -0.2) is 25.9 Å². The first kappa shape index (κ1) is 17.7. The van der Waals surface area contributed by atoms with E-state index >= 15 is 0 Å². The van der Waals surface area contributed by atoms with Crippen molar-refractivity contribution >= 4 is 5.91 Å². The Morgan fingerprint density at radius 2 is 1.89 bits per heavy atom. The molecule has 0 atom stereocenters. The first-order chi connectivity index (χ1) is 13.7. The van der Waals surface area contributed by atoms with Gasteiger partial charge in [0.2, 0.25) is 5.89 Å². The van der Waals surface area contributed by atoms with Crippen LogP contribution in [0.2, 0.25) is 0 Å². The van der Waals surface area contributed by atoms with Crippen molar-refractivity contribution in [2.24, 2.45) is 0 Å². The van der Waals surface area contributed by atoms with Crippen LogP contribution in [0, 0.1) is 6.92 Å². The summed E-state index contributed by atoms with van der Waals surface area (Å²) in [5.74, 6) is 0.0915. The van der Waals surface area contributed by atoms with Crippen LogP contribution in [0.5, 0.6) is 0 Å². The third-order valence-electron chi connectivity index (χ3n) is 4.24. The van der Waals surface area contributed by atoms with E-state index in [-0.39, 0.29) is 18.1 Å². The molecule has 0 saturated heterocycles. The third kappa shape index (κ3) is 4.15. The van der Waals surface area contributed by atoms with Crippen molar-refractivity contribution in [3.05, 3.63) is 89.6 Å². The van der Waals surface area contributed by atoms with E-state index in [0.29, 0.717) is 18.1 Å². The first-order valence-corrected chi connectivity index (χ1v) is 8.91. The van der Waals surface area contributed by atoms with Gasteiger partial charge in [0.1, 0.15) is 12.0 Å². The van der Waals surface area contributed by atoms with Gasteiger partial charge in [0.15, 0.2) is 5.69 Å². The van der Waals surface area contributed by atoms with Gasteiger partial charge in [-0.25, -0.2) is 9.67 Å². The number of carbonyl (C=O) groups is 1.